The third-order valence-electron chi connectivity index (χ3n) is 3.60. The number of ether oxygens (including phenoxy) is 1. The van der Waals surface area contributed by atoms with E-state index in [-0.39, 0.29) is 12.1 Å². The van der Waals surface area contributed by atoms with Gasteiger partial charge in [-0.1, -0.05) is 5.16 Å². The Morgan fingerprint density at radius 3 is 2.74 bits per heavy atom. The molecule has 2 aliphatic heterocycles. The summed E-state index contributed by atoms with van der Waals surface area (Å²) in [4.78, 5) is 28.8. The summed E-state index contributed by atoms with van der Waals surface area (Å²) in [6.45, 7) is 5.62. The molecule has 2 saturated heterocycles. The highest BCUT2D eigenvalue weighted by Crippen LogP contribution is 2.17. The Hall–Kier alpha value is -1.74. The molecule has 0 unspecified atom stereocenters. The van der Waals surface area contributed by atoms with Crippen LogP contribution < -0.4 is 4.90 Å². The summed E-state index contributed by atoms with van der Waals surface area (Å²) in [7, 11) is 0. The normalized spacial score (nSPS) is 18.2. The second kappa shape index (κ2) is 7.22. The van der Waals surface area contributed by atoms with E-state index in [9.17, 15) is 4.79 Å². The van der Waals surface area contributed by atoms with Crippen molar-refractivity contribution in [3.05, 3.63) is 16.9 Å². The summed E-state index contributed by atoms with van der Waals surface area (Å²) in [5, 5.41) is 4.19. The molecule has 0 atom stereocenters. The summed E-state index contributed by atoms with van der Waals surface area (Å²) in [6.07, 6.45) is 3.58. The molecule has 0 amide bonds. The second-order valence-corrected chi connectivity index (χ2v) is 6.46. The fraction of sp³-hybridized carbons (Fsp3) is 0.571. The van der Waals surface area contributed by atoms with E-state index < -0.39 is 0 Å². The van der Waals surface area contributed by atoms with Gasteiger partial charge in [-0.05, 0) is 15.9 Å². The van der Waals surface area contributed by atoms with E-state index in [1.807, 2.05) is 4.90 Å². The van der Waals surface area contributed by atoms with Crippen LogP contribution in [0.15, 0.2) is 22.0 Å². The minimum atomic E-state index is -0.242. The molecule has 9 heteroatoms. The average Bonchev–Trinajstić information content (AvgIpc) is 2.43. The number of hydrogen-bond acceptors (Lipinski definition) is 8. The number of rotatable bonds is 6. The molecule has 0 radical (unpaired) electrons. The molecule has 3 heterocycles. The standard InChI is InChI=1S/C14H18BrN5O3/c1-10(21)22-3-2-19-8-13(9-19)23-18-12-6-20(7-12)14-16-4-11(15)5-17-14/h4-5,13H,2-3,6-9H2,1H3. The van der Waals surface area contributed by atoms with E-state index in [0.717, 1.165) is 29.8 Å². The van der Waals surface area contributed by atoms with Crippen LogP contribution in [0.4, 0.5) is 5.95 Å². The van der Waals surface area contributed by atoms with Crippen molar-refractivity contribution in [3.8, 4) is 0 Å². The number of aromatic nitrogens is 2. The number of likely N-dealkylation sites (tertiary alicyclic amines) is 1. The van der Waals surface area contributed by atoms with Crippen LogP contribution in [0.5, 0.6) is 0 Å². The van der Waals surface area contributed by atoms with Crippen molar-refractivity contribution in [3.63, 3.8) is 0 Å². The van der Waals surface area contributed by atoms with Gasteiger partial charge in [-0.3, -0.25) is 9.69 Å². The molecule has 0 spiro atoms. The Morgan fingerprint density at radius 2 is 2.09 bits per heavy atom. The van der Waals surface area contributed by atoms with Gasteiger partial charge in [0.1, 0.15) is 6.61 Å². The first kappa shape index (κ1) is 16.1. The van der Waals surface area contributed by atoms with E-state index in [1.54, 1.807) is 12.4 Å². The summed E-state index contributed by atoms with van der Waals surface area (Å²) >= 11 is 3.31. The highest BCUT2D eigenvalue weighted by atomic mass is 79.9. The van der Waals surface area contributed by atoms with E-state index in [0.29, 0.717) is 25.6 Å². The van der Waals surface area contributed by atoms with Crippen molar-refractivity contribution >= 4 is 33.6 Å². The Morgan fingerprint density at radius 1 is 1.39 bits per heavy atom. The van der Waals surface area contributed by atoms with Crippen LogP contribution in [-0.2, 0) is 14.4 Å². The van der Waals surface area contributed by atoms with E-state index >= 15 is 0 Å². The highest BCUT2D eigenvalue weighted by molar-refractivity contribution is 9.10. The summed E-state index contributed by atoms with van der Waals surface area (Å²) in [5.74, 6) is 0.460. The van der Waals surface area contributed by atoms with Gasteiger partial charge in [-0.25, -0.2) is 9.97 Å². The largest absolute Gasteiger partial charge is 0.465 e. The minimum absolute atomic E-state index is 0.123. The molecule has 2 aliphatic rings. The Balaban J connectivity index is 1.31. The third-order valence-corrected chi connectivity index (χ3v) is 4.01. The topological polar surface area (TPSA) is 80.1 Å². The monoisotopic (exact) mass is 383 g/mol. The lowest BCUT2D eigenvalue weighted by Crippen LogP contribution is -2.53. The van der Waals surface area contributed by atoms with Crippen LogP contribution in [0, 0.1) is 0 Å². The molecule has 1 aromatic heterocycles. The molecular weight excluding hydrogens is 366 g/mol. The van der Waals surface area contributed by atoms with Crippen LogP contribution in [0.2, 0.25) is 0 Å². The van der Waals surface area contributed by atoms with Crippen molar-refractivity contribution in [2.45, 2.75) is 13.0 Å². The first-order valence-electron chi connectivity index (χ1n) is 7.40. The zero-order valence-corrected chi connectivity index (χ0v) is 14.4. The van der Waals surface area contributed by atoms with Gasteiger partial charge in [0, 0.05) is 39.0 Å². The van der Waals surface area contributed by atoms with Gasteiger partial charge >= 0.3 is 5.97 Å². The number of carbonyl (C=O) groups excluding carboxylic acids is 1. The van der Waals surface area contributed by atoms with E-state index in [1.165, 1.54) is 6.92 Å². The van der Waals surface area contributed by atoms with Crippen molar-refractivity contribution in [1.82, 2.24) is 14.9 Å². The smallest absolute Gasteiger partial charge is 0.302 e. The molecule has 2 fully saturated rings. The van der Waals surface area contributed by atoms with Crippen LogP contribution >= 0.6 is 15.9 Å². The van der Waals surface area contributed by atoms with Gasteiger partial charge in [0.25, 0.3) is 0 Å². The van der Waals surface area contributed by atoms with Gasteiger partial charge in [0.05, 0.1) is 23.3 Å². The number of halogens is 1. The molecule has 0 bridgehead atoms. The van der Waals surface area contributed by atoms with Gasteiger partial charge in [-0.15, -0.1) is 0 Å². The van der Waals surface area contributed by atoms with Crippen LogP contribution in [0.1, 0.15) is 6.92 Å². The van der Waals surface area contributed by atoms with Crippen molar-refractivity contribution in [2.24, 2.45) is 5.16 Å². The number of nitrogens with zero attached hydrogens (tertiary/aromatic N) is 5. The van der Waals surface area contributed by atoms with Gasteiger partial charge < -0.3 is 14.5 Å². The number of esters is 1. The zero-order chi connectivity index (χ0) is 16.2. The van der Waals surface area contributed by atoms with Crippen LogP contribution in [0.3, 0.4) is 0 Å². The van der Waals surface area contributed by atoms with Crippen LogP contribution in [-0.4, -0.2) is 72.0 Å². The van der Waals surface area contributed by atoms with Crippen molar-refractivity contribution in [1.29, 1.82) is 0 Å². The third kappa shape index (κ3) is 4.38. The predicted octanol–water partition coefficient (Wildman–Crippen LogP) is 0.679. The average molecular weight is 384 g/mol. The van der Waals surface area contributed by atoms with Gasteiger partial charge in [-0.2, -0.15) is 0 Å². The first-order chi connectivity index (χ1) is 11.1. The van der Waals surface area contributed by atoms with Crippen molar-refractivity contribution < 1.29 is 14.4 Å². The fourth-order valence-corrected chi connectivity index (χ4v) is 2.51. The maximum atomic E-state index is 10.7. The number of anilines is 1. The quantitative estimate of drug-likeness (QED) is 0.527. The predicted molar refractivity (Wildman–Crippen MR) is 87.3 cm³/mol. The molecule has 0 aliphatic carbocycles. The highest BCUT2D eigenvalue weighted by Gasteiger charge is 2.30. The summed E-state index contributed by atoms with van der Waals surface area (Å²) in [6, 6.07) is 0. The summed E-state index contributed by atoms with van der Waals surface area (Å²) < 4.78 is 5.76. The molecule has 23 heavy (non-hydrogen) atoms. The first-order valence-corrected chi connectivity index (χ1v) is 8.19. The van der Waals surface area contributed by atoms with Crippen molar-refractivity contribution in [2.75, 3.05) is 44.2 Å². The Bertz CT molecular complexity index is 581. The molecule has 124 valence electrons. The van der Waals surface area contributed by atoms with E-state index in [4.69, 9.17) is 9.57 Å². The lowest BCUT2D eigenvalue weighted by atomic mass is 10.2. The SMILES string of the molecule is CC(=O)OCCN1CC(ON=C2CN(c3ncc(Br)cn3)C2)C1. The molecule has 3 rings (SSSR count). The summed E-state index contributed by atoms with van der Waals surface area (Å²) in [5.41, 5.74) is 0.995. The number of oxime groups is 1. The maximum absolute atomic E-state index is 10.7. The number of hydrogen-bond donors (Lipinski definition) is 0. The molecule has 8 nitrogen and oxygen atoms in total. The Labute approximate surface area is 142 Å². The fourth-order valence-electron chi connectivity index (χ4n) is 2.30. The second-order valence-electron chi connectivity index (χ2n) is 5.54. The Kier molecular flexibility index (Phi) is 5.06. The van der Waals surface area contributed by atoms with Gasteiger partial charge in [0.2, 0.25) is 5.95 Å². The number of carbonyl (C=O) groups is 1. The molecule has 0 saturated carbocycles. The van der Waals surface area contributed by atoms with Crippen LogP contribution in [0.25, 0.3) is 0 Å². The lowest BCUT2D eigenvalue weighted by Gasteiger charge is -2.38. The molecule has 0 aromatic carbocycles. The van der Waals surface area contributed by atoms with E-state index in [2.05, 4.69) is 36.0 Å². The lowest BCUT2D eigenvalue weighted by molar-refractivity contribution is -0.142. The zero-order valence-electron chi connectivity index (χ0n) is 12.8. The molecular formula is C14H18BrN5O3. The molecule has 0 N–H and O–H groups in total. The maximum Gasteiger partial charge on any atom is 0.302 e. The van der Waals surface area contributed by atoms with Gasteiger partial charge in [0.15, 0.2) is 6.10 Å². The molecule has 1 aromatic rings. The minimum Gasteiger partial charge on any atom is -0.465 e.